The molecule has 0 fully saturated rings. The van der Waals surface area contributed by atoms with Crippen molar-refractivity contribution in [2.24, 2.45) is 0 Å². The van der Waals surface area contributed by atoms with E-state index in [1.54, 1.807) is 13.0 Å². The van der Waals surface area contributed by atoms with Crippen LogP contribution in [0.15, 0.2) is 10.5 Å². The molecule has 1 aromatic carbocycles. The third-order valence-corrected chi connectivity index (χ3v) is 2.79. The standard InChI is InChI=1S/C9H9BrO4/c1-4(11)5-2-6-9(14-3-13-6)7(10)8(5)12/h2,4,11-12H,3H2,1H3. The molecule has 1 aliphatic rings. The highest BCUT2D eigenvalue weighted by Crippen LogP contribution is 2.47. The number of aliphatic hydroxyl groups excluding tert-OH is 1. The van der Waals surface area contributed by atoms with Crippen molar-refractivity contribution in [1.29, 1.82) is 0 Å². The van der Waals surface area contributed by atoms with E-state index >= 15 is 0 Å². The average Bonchev–Trinajstić information content (AvgIpc) is 2.58. The van der Waals surface area contributed by atoms with Crippen LogP contribution in [0.25, 0.3) is 0 Å². The summed E-state index contributed by atoms with van der Waals surface area (Å²) in [6.07, 6.45) is -0.749. The van der Waals surface area contributed by atoms with Crippen LogP contribution in [0, 0.1) is 0 Å². The molecule has 1 aliphatic heterocycles. The fraction of sp³-hybridized carbons (Fsp3) is 0.333. The fourth-order valence-corrected chi connectivity index (χ4v) is 1.87. The number of halogens is 1. The van der Waals surface area contributed by atoms with Crippen LogP contribution < -0.4 is 9.47 Å². The van der Waals surface area contributed by atoms with Gasteiger partial charge >= 0.3 is 0 Å². The second-order valence-corrected chi connectivity index (χ2v) is 3.83. The Kier molecular flexibility index (Phi) is 2.28. The molecule has 0 bridgehead atoms. The zero-order valence-electron chi connectivity index (χ0n) is 7.45. The molecule has 0 spiro atoms. The topological polar surface area (TPSA) is 58.9 Å². The van der Waals surface area contributed by atoms with Gasteiger partial charge in [-0.05, 0) is 28.9 Å². The Morgan fingerprint density at radius 3 is 2.86 bits per heavy atom. The zero-order chi connectivity index (χ0) is 10.3. The maximum absolute atomic E-state index is 9.69. The van der Waals surface area contributed by atoms with Gasteiger partial charge in [0.25, 0.3) is 0 Å². The first kappa shape index (κ1) is 9.61. The number of ether oxygens (including phenoxy) is 2. The molecule has 0 amide bonds. The van der Waals surface area contributed by atoms with E-state index in [-0.39, 0.29) is 12.5 Å². The maximum atomic E-state index is 9.69. The Hall–Kier alpha value is -0.940. The molecular formula is C9H9BrO4. The van der Waals surface area contributed by atoms with Crippen LogP contribution in [0.5, 0.6) is 17.2 Å². The number of rotatable bonds is 1. The number of hydrogen-bond acceptors (Lipinski definition) is 4. The summed E-state index contributed by atoms with van der Waals surface area (Å²) in [5.74, 6) is 1.00. The average molecular weight is 261 g/mol. The number of hydrogen-bond donors (Lipinski definition) is 2. The molecule has 0 aliphatic carbocycles. The summed E-state index contributed by atoms with van der Waals surface area (Å²) in [5, 5.41) is 19.1. The van der Waals surface area contributed by atoms with Crippen molar-refractivity contribution >= 4 is 15.9 Å². The van der Waals surface area contributed by atoms with E-state index in [2.05, 4.69) is 15.9 Å². The Morgan fingerprint density at radius 1 is 1.50 bits per heavy atom. The second kappa shape index (κ2) is 3.33. The summed E-state index contributed by atoms with van der Waals surface area (Å²) in [7, 11) is 0. The molecule has 14 heavy (non-hydrogen) atoms. The minimum atomic E-state index is -0.749. The molecule has 1 heterocycles. The first-order chi connectivity index (χ1) is 6.61. The third-order valence-electron chi connectivity index (χ3n) is 2.06. The van der Waals surface area contributed by atoms with E-state index in [4.69, 9.17) is 9.47 Å². The van der Waals surface area contributed by atoms with Crippen molar-refractivity contribution in [2.45, 2.75) is 13.0 Å². The van der Waals surface area contributed by atoms with Gasteiger partial charge in [0, 0.05) is 5.56 Å². The Balaban J connectivity index is 2.61. The van der Waals surface area contributed by atoms with Gasteiger partial charge in [-0.3, -0.25) is 0 Å². The number of benzene rings is 1. The fourth-order valence-electron chi connectivity index (χ4n) is 1.33. The third kappa shape index (κ3) is 1.33. The molecule has 76 valence electrons. The van der Waals surface area contributed by atoms with E-state index in [9.17, 15) is 10.2 Å². The number of phenols is 1. The number of fused-ring (bicyclic) bond motifs is 1. The minimum Gasteiger partial charge on any atom is -0.506 e. The summed E-state index contributed by atoms with van der Waals surface area (Å²) >= 11 is 3.18. The van der Waals surface area contributed by atoms with Crippen molar-refractivity contribution in [3.05, 3.63) is 16.1 Å². The van der Waals surface area contributed by atoms with Crippen LogP contribution in [0.4, 0.5) is 0 Å². The summed E-state index contributed by atoms with van der Waals surface area (Å²) < 4.78 is 10.7. The van der Waals surface area contributed by atoms with E-state index in [1.165, 1.54) is 0 Å². The second-order valence-electron chi connectivity index (χ2n) is 3.04. The van der Waals surface area contributed by atoms with Crippen molar-refractivity contribution in [2.75, 3.05) is 6.79 Å². The van der Waals surface area contributed by atoms with E-state index in [0.29, 0.717) is 21.5 Å². The quantitative estimate of drug-likeness (QED) is 0.811. The summed E-state index contributed by atoms with van der Waals surface area (Å²) in [6, 6.07) is 1.58. The minimum absolute atomic E-state index is 0.00995. The number of aliphatic hydroxyl groups is 1. The van der Waals surface area contributed by atoms with Crippen molar-refractivity contribution in [3.63, 3.8) is 0 Å². The van der Waals surface area contributed by atoms with Gasteiger partial charge in [0.2, 0.25) is 6.79 Å². The lowest BCUT2D eigenvalue weighted by Crippen LogP contribution is -1.93. The molecule has 0 saturated heterocycles. The van der Waals surface area contributed by atoms with Crippen LogP contribution >= 0.6 is 15.9 Å². The smallest absolute Gasteiger partial charge is 0.231 e. The largest absolute Gasteiger partial charge is 0.506 e. The lowest BCUT2D eigenvalue weighted by Gasteiger charge is -2.10. The predicted molar refractivity (Wildman–Crippen MR) is 52.6 cm³/mol. The van der Waals surface area contributed by atoms with Gasteiger partial charge in [-0.15, -0.1) is 0 Å². The Bertz CT molecular complexity index is 376. The zero-order valence-corrected chi connectivity index (χ0v) is 9.04. The number of aromatic hydroxyl groups is 1. The molecule has 0 aromatic heterocycles. The Labute approximate surface area is 89.2 Å². The van der Waals surface area contributed by atoms with Gasteiger partial charge in [-0.25, -0.2) is 0 Å². The molecule has 2 N–H and O–H groups in total. The van der Waals surface area contributed by atoms with E-state index < -0.39 is 6.10 Å². The predicted octanol–water partition coefficient (Wildman–Crippen LogP) is 1.94. The SMILES string of the molecule is CC(O)c1cc2c(c(Br)c1O)OCO2. The number of phenolic OH excluding ortho intramolecular Hbond substituents is 1. The molecule has 0 saturated carbocycles. The van der Waals surface area contributed by atoms with Gasteiger partial charge in [0.15, 0.2) is 11.5 Å². The lowest BCUT2D eigenvalue weighted by molar-refractivity contribution is 0.173. The molecule has 5 heteroatoms. The normalized spacial score (nSPS) is 15.6. The highest BCUT2D eigenvalue weighted by atomic mass is 79.9. The molecule has 0 radical (unpaired) electrons. The monoisotopic (exact) mass is 260 g/mol. The van der Waals surface area contributed by atoms with Crippen LogP contribution in [0.1, 0.15) is 18.6 Å². The van der Waals surface area contributed by atoms with Gasteiger partial charge in [-0.1, -0.05) is 0 Å². The lowest BCUT2D eigenvalue weighted by atomic mass is 10.1. The molecule has 2 rings (SSSR count). The van der Waals surface area contributed by atoms with Crippen LogP contribution in [-0.4, -0.2) is 17.0 Å². The summed E-state index contributed by atoms with van der Waals surface area (Å²) in [4.78, 5) is 0. The van der Waals surface area contributed by atoms with Crippen LogP contribution in [-0.2, 0) is 0 Å². The van der Waals surface area contributed by atoms with E-state index in [1.807, 2.05) is 0 Å². The molecular weight excluding hydrogens is 252 g/mol. The van der Waals surface area contributed by atoms with Crippen molar-refractivity contribution in [1.82, 2.24) is 0 Å². The van der Waals surface area contributed by atoms with Crippen molar-refractivity contribution < 1.29 is 19.7 Å². The van der Waals surface area contributed by atoms with Gasteiger partial charge < -0.3 is 19.7 Å². The van der Waals surface area contributed by atoms with E-state index in [0.717, 1.165) is 0 Å². The van der Waals surface area contributed by atoms with Gasteiger partial charge in [-0.2, -0.15) is 0 Å². The first-order valence-electron chi connectivity index (χ1n) is 4.10. The molecule has 1 unspecified atom stereocenters. The highest BCUT2D eigenvalue weighted by Gasteiger charge is 2.24. The maximum Gasteiger partial charge on any atom is 0.231 e. The van der Waals surface area contributed by atoms with Crippen molar-refractivity contribution in [3.8, 4) is 17.2 Å². The van der Waals surface area contributed by atoms with Gasteiger partial charge in [0.05, 0.1) is 6.10 Å². The molecule has 1 atom stereocenters. The van der Waals surface area contributed by atoms with Crippen LogP contribution in [0.2, 0.25) is 0 Å². The highest BCUT2D eigenvalue weighted by molar-refractivity contribution is 9.10. The first-order valence-corrected chi connectivity index (χ1v) is 4.89. The summed E-state index contributed by atoms with van der Waals surface area (Å²) in [6.45, 7) is 1.71. The molecule has 4 nitrogen and oxygen atoms in total. The molecule has 1 aromatic rings. The van der Waals surface area contributed by atoms with Crippen LogP contribution in [0.3, 0.4) is 0 Å². The summed E-state index contributed by atoms with van der Waals surface area (Å²) in [5.41, 5.74) is 0.418. The van der Waals surface area contributed by atoms with Gasteiger partial charge in [0.1, 0.15) is 10.2 Å². The Morgan fingerprint density at radius 2 is 2.21 bits per heavy atom.